The van der Waals surface area contributed by atoms with Crippen LogP contribution in [0.2, 0.25) is 0 Å². The zero-order valence-corrected chi connectivity index (χ0v) is 16.8. The van der Waals surface area contributed by atoms with Crippen LogP contribution in [0.25, 0.3) is 0 Å². The summed E-state index contributed by atoms with van der Waals surface area (Å²) in [5.74, 6) is 0.879. The minimum Gasteiger partial charge on any atom is -0.494 e. The van der Waals surface area contributed by atoms with E-state index in [2.05, 4.69) is 11.0 Å². The predicted octanol–water partition coefficient (Wildman–Crippen LogP) is 3.72. The van der Waals surface area contributed by atoms with Gasteiger partial charge in [0.25, 0.3) is 5.91 Å². The van der Waals surface area contributed by atoms with Gasteiger partial charge < -0.3 is 9.64 Å². The van der Waals surface area contributed by atoms with Crippen LogP contribution in [0, 0.1) is 25.2 Å². The smallest absolute Gasteiger partial charge is 0.253 e. The summed E-state index contributed by atoms with van der Waals surface area (Å²) in [7, 11) is 0. The summed E-state index contributed by atoms with van der Waals surface area (Å²) in [6, 6.07) is 15.7. The molecule has 1 atom stereocenters. The lowest BCUT2D eigenvalue weighted by atomic mass is 10.0. The van der Waals surface area contributed by atoms with E-state index in [1.165, 1.54) is 5.56 Å². The van der Waals surface area contributed by atoms with Crippen molar-refractivity contribution < 1.29 is 9.53 Å². The van der Waals surface area contributed by atoms with Crippen LogP contribution in [0.1, 0.15) is 40.0 Å². The number of aryl methyl sites for hydroxylation is 2. The van der Waals surface area contributed by atoms with E-state index in [-0.39, 0.29) is 11.9 Å². The average molecular weight is 377 g/mol. The van der Waals surface area contributed by atoms with Crippen molar-refractivity contribution >= 4 is 5.91 Å². The number of rotatable bonds is 5. The van der Waals surface area contributed by atoms with Gasteiger partial charge in [-0.2, -0.15) is 5.26 Å². The molecule has 146 valence electrons. The van der Waals surface area contributed by atoms with Crippen LogP contribution in [0.3, 0.4) is 0 Å². The van der Waals surface area contributed by atoms with Crippen molar-refractivity contribution in [3.63, 3.8) is 0 Å². The number of hydrogen-bond acceptors (Lipinski definition) is 4. The molecule has 28 heavy (non-hydrogen) atoms. The fourth-order valence-electron chi connectivity index (χ4n) is 3.52. The number of benzene rings is 2. The molecule has 1 saturated heterocycles. The molecule has 2 aromatic carbocycles. The first kappa shape index (κ1) is 19.9. The van der Waals surface area contributed by atoms with Crippen LogP contribution in [0.4, 0.5) is 0 Å². The molecule has 0 bridgehead atoms. The Kier molecular flexibility index (Phi) is 6.33. The number of carbonyl (C=O) groups excluding carboxylic acids is 1. The van der Waals surface area contributed by atoms with Crippen LogP contribution in [0.15, 0.2) is 42.5 Å². The molecule has 3 rings (SSSR count). The highest BCUT2D eigenvalue weighted by Crippen LogP contribution is 2.24. The van der Waals surface area contributed by atoms with Gasteiger partial charge in [0, 0.05) is 31.7 Å². The van der Waals surface area contributed by atoms with Crippen molar-refractivity contribution in [1.29, 1.82) is 5.26 Å². The predicted molar refractivity (Wildman–Crippen MR) is 109 cm³/mol. The number of ether oxygens (including phenoxy) is 1. The largest absolute Gasteiger partial charge is 0.494 e. The molecule has 1 unspecified atom stereocenters. The lowest BCUT2D eigenvalue weighted by molar-refractivity contribution is 0.0606. The summed E-state index contributed by atoms with van der Waals surface area (Å²) in [6.45, 7) is 9.26. The second kappa shape index (κ2) is 8.90. The summed E-state index contributed by atoms with van der Waals surface area (Å²) in [5, 5.41) is 9.71. The van der Waals surface area contributed by atoms with Gasteiger partial charge in [0.1, 0.15) is 11.8 Å². The maximum Gasteiger partial charge on any atom is 0.253 e. The zero-order valence-electron chi connectivity index (χ0n) is 16.8. The van der Waals surface area contributed by atoms with Gasteiger partial charge in [-0.05, 0) is 61.7 Å². The molecule has 1 aliphatic heterocycles. The molecule has 0 radical (unpaired) electrons. The fourth-order valence-corrected chi connectivity index (χ4v) is 3.52. The first-order valence-electron chi connectivity index (χ1n) is 9.76. The van der Waals surface area contributed by atoms with E-state index in [1.807, 2.05) is 68.1 Å². The topological polar surface area (TPSA) is 56.6 Å². The minimum absolute atomic E-state index is 0.0670. The van der Waals surface area contributed by atoms with Crippen molar-refractivity contribution in [3.8, 4) is 11.8 Å². The van der Waals surface area contributed by atoms with Gasteiger partial charge in [0.2, 0.25) is 0 Å². The second-order valence-electron chi connectivity index (χ2n) is 7.16. The van der Waals surface area contributed by atoms with E-state index in [1.54, 1.807) is 0 Å². The summed E-state index contributed by atoms with van der Waals surface area (Å²) in [4.78, 5) is 16.8. The van der Waals surface area contributed by atoms with Gasteiger partial charge in [0.05, 0.1) is 12.7 Å². The van der Waals surface area contributed by atoms with Gasteiger partial charge in [-0.15, -0.1) is 0 Å². The molecule has 1 amide bonds. The van der Waals surface area contributed by atoms with E-state index in [0.717, 1.165) is 22.4 Å². The van der Waals surface area contributed by atoms with Crippen molar-refractivity contribution in [3.05, 3.63) is 64.7 Å². The Balaban J connectivity index is 1.64. The zero-order chi connectivity index (χ0) is 20.1. The Morgan fingerprint density at radius 1 is 1.07 bits per heavy atom. The van der Waals surface area contributed by atoms with Gasteiger partial charge in [-0.25, -0.2) is 0 Å². The Morgan fingerprint density at radius 2 is 1.75 bits per heavy atom. The maximum absolute atomic E-state index is 12.8. The number of nitrogens with zero attached hydrogens (tertiary/aromatic N) is 3. The molecule has 0 aliphatic carbocycles. The monoisotopic (exact) mass is 377 g/mol. The van der Waals surface area contributed by atoms with Crippen molar-refractivity contribution in [1.82, 2.24) is 9.80 Å². The Morgan fingerprint density at radius 3 is 2.32 bits per heavy atom. The third kappa shape index (κ3) is 4.35. The molecule has 0 saturated carbocycles. The molecule has 0 aromatic heterocycles. The van der Waals surface area contributed by atoms with E-state index >= 15 is 0 Å². The van der Waals surface area contributed by atoms with E-state index in [4.69, 9.17) is 4.74 Å². The summed E-state index contributed by atoms with van der Waals surface area (Å²) in [6.07, 6.45) is 0. The molecule has 2 aromatic rings. The molecule has 1 aliphatic rings. The van der Waals surface area contributed by atoms with Gasteiger partial charge >= 0.3 is 0 Å². The van der Waals surface area contributed by atoms with E-state index in [0.29, 0.717) is 32.8 Å². The standard InChI is InChI=1S/C23H27N3O2/c1-4-28-21-9-7-19(8-10-21)22(16-24)25-11-13-26(14-12-25)23(27)20-6-5-17(2)18(3)15-20/h5-10,15,22H,4,11-14H2,1-3H3. The highest BCUT2D eigenvalue weighted by atomic mass is 16.5. The quantitative estimate of drug-likeness (QED) is 0.797. The third-order valence-corrected chi connectivity index (χ3v) is 5.35. The lowest BCUT2D eigenvalue weighted by Gasteiger charge is -2.37. The van der Waals surface area contributed by atoms with Crippen LogP contribution in [-0.2, 0) is 0 Å². The van der Waals surface area contributed by atoms with E-state index in [9.17, 15) is 10.1 Å². The van der Waals surface area contributed by atoms with E-state index < -0.39 is 0 Å². The summed E-state index contributed by atoms with van der Waals surface area (Å²) in [5.41, 5.74) is 4.01. The summed E-state index contributed by atoms with van der Waals surface area (Å²) >= 11 is 0. The third-order valence-electron chi connectivity index (χ3n) is 5.35. The molecule has 1 heterocycles. The first-order chi connectivity index (χ1) is 13.5. The molecule has 0 N–H and O–H groups in total. The SMILES string of the molecule is CCOc1ccc(C(C#N)N2CCN(C(=O)c3ccc(C)c(C)c3)CC2)cc1. The molecule has 1 fully saturated rings. The normalized spacial score (nSPS) is 15.7. The lowest BCUT2D eigenvalue weighted by Crippen LogP contribution is -2.49. The van der Waals surface area contributed by atoms with Crippen molar-refractivity contribution in [2.24, 2.45) is 0 Å². The van der Waals surface area contributed by atoms with Crippen LogP contribution < -0.4 is 4.74 Å². The Labute approximate surface area is 167 Å². The fraction of sp³-hybridized carbons (Fsp3) is 0.391. The van der Waals surface area contributed by atoms with Gasteiger partial charge in [-0.3, -0.25) is 9.69 Å². The number of carbonyl (C=O) groups is 1. The number of piperazine rings is 1. The summed E-state index contributed by atoms with van der Waals surface area (Å²) < 4.78 is 5.48. The maximum atomic E-state index is 12.8. The minimum atomic E-state index is -0.311. The van der Waals surface area contributed by atoms with Gasteiger partial charge in [0.15, 0.2) is 0 Å². The number of nitriles is 1. The highest BCUT2D eigenvalue weighted by Gasteiger charge is 2.27. The molecular weight excluding hydrogens is 350 g/mol. The van der Waals surface area contributed by atoms with Crippen molar-refractivity contribution in [2.75, 3.05) is 32.8 Å². The van der Waals surface area contributed by atoms with Gasteiger partial charge in [-0.1, -0.05) is 18.2 Å². The Hall–Kier alpha value is -2.84. The van der Waals surface area contributed by atoms with Crippen LogP contribution >= 0.6 is 0 Å². The molecular formula is C23H27N3O2. The average Bonchev–Trinajstić information content (AvgIpc) is 2.72. The first-order valence-corrected chi connectivity index (χ1v) is 9.76. The second-order valence-corrected chi connectivity index (χ2v) is 7.16. The number of amides is 1. The number of hydrogen-bond donors (Lipinski definition) is 0. The molecule has 0 spiro atoms. The van der Waals surface area contributed by atoms with Crippen LogP contribution in [-0.4, -0.2) is 48.5 Å². The molecule has 5 heteroatoms. The Bertz CT molecular complexity index is 862. The van der Waals surface area contributed by atoms with Crippen molar-refractivity contribution in [2.45, 2.75) is 26.8 Å². The molecule has 5 nitrogen and oxygen atoms in total. The van der Waals surface area contributed by atoms with Crippen LogP contribution in [0.5, 0.6) is 5.75 Å². The highest BCUT2D eigenvalue weighted by molar-refractivity contribution is 5.94.